The summed E-state index contributed by atoms with van der Waals surface area (Å²) in [6.45, 7) is 0. The van der Waals surface area contributed by atoms with Gasteiger partial charge in [-0.1, -0.05) is 11.6 Å². The number of carbonyl (C=O) groups is 1. The lowest BCUT2D eigenvalue weighted by Gasteiger charge is -2.10. The Balaban J connectivity index is 2.60. The molecule has 0 bridgehead atoms. The predicted octanol–water partition coefficient (Wildman–Crippen LogP) is 2.85. The van der Waals surface area contributed by atoms with Crippen molar-refractivity contribution in [2.75, 3.05) is 14.2 Å². The van der Waals surface area contributed by atoms with Crippen LogP contribution in [-0.2, 0) is 0 Å². The van der Waals surface area contributed by atoms with Gasteiger partial charge in [0, 0.05) is 24.4 Å². The van der Waals surface area contributed by atoms with E-state index < -0.39 is 5.97 Å². The van der Waals surface area contributed by atoms with Gasteiger partial charge >= 0.3 is 5.97 Å². The van der Waals surface area contributed by atoms with E-state index in [1.807, 2.05) is 0 Å². The number of aromatic nitrogens is 1. The van der Waals surface area contributed by atoms with Gasteiger partial charge in [0.2, 0.25) is 0 Å². The minimum atomic E-state index is -1.06. The van der Waals surface area contributed by atoms with E-state index >= 15 is 0 Å². The molecule has 19 heavy (non-hydrogen) atoms. The van der Waals surface area contributed by atoms with E-state index in [4.69, 9.17) is 26.2 Å². The Hall–Kier alpha value is -2.14. The number of rotatable bonds is 4. The van der Waals surface area contributed by atoms with Gasteiger partial charge in [-0.2, -0.15) is 0 Å². The zero-order valence-corrected chi connectivity index (χ0v) is 11.1. The van der Waals surface area contributed by atoms with Gasteiger partial charge in [0.1, 0.15) is 17.2 Å². The monoisotopic (exact) mass is 281 g/mol. The van der Waals surface area contributed by atoms with E-state index in [9.17, 15) is 4.79 Å². The van der Waals surface area contributed by atoms with Crippen molar-refractivity contribution in [1.29, 1.82) is 0 Å². The summed E-state index contributed by atoms with van der Waals surface area (Å²) in [6.07, 6.45) is 1.53. The van der Waals surface area contributed by atoms with Crippen LogP contribution in [0.5, 0.6) is 11.5 Å². The first kappa shape index (κ1) is 13.3. The topological polar surface area (TPSA) is 60.7 Å². The summed E-state index contributed by atoms with van der Waals surface area (Å²) in [5.74, 6) is 0.0692. The molecule has 2 rings (SSSR count). The zero-order chi connectivity index (χ0) is 14.0. The van der Waals surface area contributed by atoms with Gasteiger partial charge < -0.3 is 19.1 Å². The van der Waals surface area contributed by atoms with Crippen LogP contribution >= 0.6 is 11.6 Å². The lowest BCUT2D eigenvalue weighted by atomic mass is 10.2. The van der Waals surface area contributed by atoms with Crippen LogP contribution in [-0.4, -0.2) is 29.9 Å². The predicted molar refractivity (Wildman–Crippen MR) is 70.8 cm³/mol. The molecule has 0 aliphatic rings. The fourth-order valence-corrected chi connectivity index (χ4v) is 1.94. The van der Waals surface area contributed by atoms with Crippen molar-refractivity contribution in [3.05, 3.63) is 41.2 Å². The summed E-state index contributed by atoms with van der Waals surface area (Å²) in [4.78, 5) is 11.2. The number of ether oxygens (including phenoxy) is 2. The third-order valence-corrected chi connectivity index (χ3v) is 2.83. The number of hydrogen-bond acceptors (Lipinski definition) is 3. The highest BCUT2D eigenvalue weighted by molar-refractivity contribution is 6.31. The number of methoxy groups -OCH3 is 2. The number of benzene rings is 1. The number of nitrogens with zero attached hydrogens (tertiary/aromatic N) is 1. The number of hydrogen-bond donors (Lipinski definition) is 1. The molecule has 1 aromatic carbocycles. The highest BCUT2D eigenvalue weighted by Crippen LogP contribution is 2.27. The van der Waals surface area contributed by atoms with Gasteiger partial charge in [-0.05, 0) is 6.07 Å². The minimum absolute atomic E-state index is 0.0697. The number of halogens is 1. The average Bonchev–Trinajstić information content (AvgIpc) is 2.80. The van der Waals surface area contributed by atoms with Gasteiger partial charge in [-0.25, -0.2) is 4.79 Å². The molecule has 0 amide bonds. The van der Waals surface area contributed by atoms with Crippen LogP contribution in [0.1, 0.15) is 10.5 Å². The summed E-state index contributed by atoms with van der Waals surface area (Å²) < 4.78 is 11.8. The Kier molecular flexibility index (Phi) is 3.66. The van der Waals surface area contributed by atoms with Crippen molar-refractivity contribution in [3.63, 3.8) is 0 Å². The van der Waals surface area contributed by atoms with E-state index in [-0.39, 0.29) is 5.69 Å². The zero-order valence-electron chi connectivity index (χ0n) is 10.4. The van der Waals surface area contributed by atoms with Crippen LogP contribution in [0, 0.1) is 0 Å². The SMILES string of the molecule is COc1cc(OC)cc(-n2cc(Cl)cc2C(=O)O)c1. The first-order valence-corrected chi connectivity index (χ1v) is 5.77. The third kappa shape index (κ3) is 2.66. The van der Waals surface area contributed by atoms with E-state index in [0.29, 0.717) is 22.2 Å². The normalized spacial score (nSPS) is 10.3. The van der Waals surface area contributed by atoms with Crippen molar-refractivity contribution >= 4 is 17.6 Å². The molecular formula is C13H12ClNO4. The molecular weight excluding hydrogens is 270 g/mol. The van der Waals surface area contributed by atoms with Crippen LogP contribution in [0.25, 0.3) is 5.69 Å². The minimum Gasteiger partial charge on any atom is -0.497 e. The Labute approximate surface area is 114 Å². The molecule has 1 N–H and O–H groups in total. The van der Waals surface area contributed by atoms with Gasteiger partial charge in [0.25, 0.3) is 0 Å². The third-order valence-electron chi connectivity index (χ3n) is 2.62. The molecule has 0 radical (unpaired) electrons. The van der Waals surface area contributed by atoms with Crippen molar-refractivity contribution in [2.45, 2.75) is 0 Å². The quantitative estimate of drug-likeness (QED) is 0.936. The number of aromatic carboxylic acids is 1. The molecule has 0 fully saturated rings. The Morgan fingerprint density at radius 1 is 1.16 bits per heavy atom. The number of carboxylic acids is 1. The lowest BCUT2D eigenvalue weighted by molar-refractivity contribution is 0.0688. The molecule has 0 unspecified atom stereocenters. The molecule has 0 spiro atoms. The summed E-state index contributed by atoms with van der Waals surface area (Å²) in [7, 11) is 3.05. The van der Waals surface area contributed by atoms with Crippen molar-refractivity contribution in [1.82, 2.24) is 4.57 Å². The fraction of sp³-hybridized carbons (Fsp3) is 0.154. The molecule has 6 heteroatoms. The molecule has 0 aliphatic heterocycles. The van der Waals surface area contributed by atoms with Gasteiger partial charge in [0.15, 0.2) is 0 Å². The number of carboxylic acid groups (broad SMARTS) is 1. The second-order valence-electron chi connectivity index (χ2n) is 3.79. The van der Waals surface area contributed by atoms with Crippen molar-refractivity contribution in [2.24, 2.45) is 0 Å². The molecule has 0 atom stereocenters. The molecule has 5 nitrogen and oxygen atoms in total. The summed E-state index contributed by atoms with van der Waals surface area (Å²) in [6, 6.07) is 6.49. The smallest absolute Gasteiger partial charge is 0.352 e. The van der Waals surface area contributed by atoms with Crippen LogP contribution in [0.3, 0.4) is 0 Å². The van der Waals surface area contributed by atoms with Crippen LogP contribution in [0.15, 0.2) is 30.5 Å². The highest BCUT2D eigenvalue weighted by atomic mass is 35.5. The van der Waals surface area contributed by atoms with Crippen LogP contribution < -0.4 is 9.47 Å². The largest absolute Gasteiger partial charge is 0.497 e. The Morgan fingerprint density at radius 3 is 2.21 bits per heavy atom. The van der Waals surface area contributed by atoms with Crippen molar-refractivity contribution < 1.29 is 19.4 Å². The second-order valence-corrected chi connectivity index (χ2v) is 4.23. The Bertz CT molecular complexity index is 599. The molecule has 1 aromatic heterocycles. The second kappa shape index (κ2) is 5.24. The van der Waals surface area contributed by atoms with E-state index in [0.717, 1.165) is 0 Å². The molecule has 0 aliphatic carbocycles. The summed E-state index contributed by atoms with van der Waals surface area (Å²) in [5, 5.41) is 9.50. The van der Waals surface area contributed by atoms with Gasteiger partial charge in [-0.15, -0.1) is 0 Å². The van der Waals surface area contributed by atoms with E-state index in [1.165, 1.54) is 31.0 Å². The maximum Gasteiger partial charge on any atom is 0.352 e. The first-order chi connectivity index (χ1) is 9.05. The summed E-state index contributed by atoms with van der Waals surface area (Å²) >= 11 is 5.86. The molecule has 0 saturated carbocycles. The van der Waals surface area contributed by atoms with Crippen LogP contribution in [0.2, 0.25) is 5.02 Å². The van der Waals surface area contributed by atoms with Gasteiger partial charge in [-0.3, -0.25) is 0 Å². The lowest BCUT2D eigenvalue weighted by Crippen LogP contribution is -2.06. The van der Waals surface area contributed by atoms with Gasteiger partial charge in [0.05, 0.1) is 24.9 Å². The van der Waals surface area contributed by atoms with E-state index in [2.05, 4.69) is 0 Å². The standard InChI is InChI=1S/C13H12ClNO4/c1-18-10-4-9(5-11(6-10)19-2)15-7-8(14)3-12(15)13(16)17/h3-7H,1-2H3,(H,16,17). The van der Waals surface area contributed by atoms with E-state index in [1.54, 1.807) is 18.2 Å². The highest BCUT2D eigenvalue weighted by Gasteiger charge is 2.14. The maximum absolute atomic E-state index is 11.2. The fourth-order valence-electron chi connectivity index (χ4n) is 1.74. The molecule has 2 aromatic rings. The average molecular weight is 282 g/mol. The molecule has 0 saturated heterocycles. The first-order valence-electron chi connectivity index (χ1n) is 5.39. The summed E-state index contributed by atoms with van der Waals surface area (Å²) in [5.41, 5.74) is 0.667. The maximum atomic E-state index is 11.2. The molecule has 100 valence electrons. The van der Waals surface area contributed by atoms with Crippen LogP contribution in [0.4, 0.5) is 0 Å². The van der Waals surface area contributed by atoms with Crippen molar-refractivity contribution in [3.8, 4) is 17.2 Å². The Morgan fingerprint density at radius 2 is 1.74 bits per heavy atom. The molecule has 1 heterocycles.